The van der Waals surface area contributed by atoms with E-state index in [4.69, 9.17) is 4.74 Å². The summed E-state index contributed by atoms with van der Waals surface area (Å²) in [5, 5.41) is 9.63. The van der Waals surface area contributed by atoms with Crippen LogP contribution >= 0.6 is 0 Å². The Bertz CT molecular complexity index is 826. The van der Waals surface area contributed by atoms with Gasteiger partial charge in [-0.25, -0.2) is 4.79 Å². The third kappa shape index (κ3) is 8.71. The van der Waals surface area contributed by atoms with Crippen LogP contribution in [0, 0.1) is 17.3 Å². The van der Waals surface area contributed by atoms with Crippen molar-refractivity contribution in [2.75, 3.05) is 26.2 Å². The fourth-order valence-corrected chi connectivity index (χ4v) is 4.96. The van der Waals surface area contributed by atoms with Crippen molar-refractivity contribution in [1.29, 1.82) is 0 Å². The Labute approximate surface area is 211 Å². The second-order valence-electron chi connectivity index (χ2n) is 12.3. The van der Waals surface area contributed by atoms with Gasteiger partial charge < -0.3 is 25.6 Å². The van der Waals surface area contributed by atoms with Crippen LogP contribution in [0.4, 0.5) is 4.79 Å². The average Bonchev–Trinajstić information content (AvgIpc) is 3.16. The van der Waals surface area contributed by atoms with Crippen LogP contribution in [-0.2, 0) is 9.53 Å². The van der Waals surface area contributed by atoms with E-state index in [1.807, 2.05) is 20.8 Å². The number of carbonyl (C=O) groups excluding carboxylic acids is 2. The summed E-state index contributed by atoms with van der Waals surface area (Å²) in [5.41, 5.74) is 0.766. The second-order valence-corrected chi connectivity index (χ2v) is 12.3. The minimum atomic E-state index is -0.511. The predicted molar refractivity (Wildman–Crippen MR) is 141 cm³/mol. The molecule has 2 aliphatic heterocycles. The lowest BCUT2D eigenvalue weighted by Crippen LogP contribution is -2.53. The van der Waals surface area contributed by atoms with Crippen LogP contribution in [0.3, 0.4) is 0 Å². The molecule has 1 fully saturated rings. The number of hydrogen-bond donors (Lipinski definition) is 3. The van der Waals surface area contributed by atoms with Gasteiger partial charge >= 0.3 is 6.09 Å². The van der Waals surface area contributed by atoms with Gasteiger partial charge in [0, 0.05) is 31.5 Å². The van der Waals surface area contributed by atoms with Gasteiger partial charge in [0.15, 0.2) is 0 Å². The molecule has 7 nitrogen and oxygen atoms in total. The Morgan fingerprint density at radius 2 is 1.80 bits per heavy atom. The van der Waals surface area contributed by atoms with Crippen LogP contribution < -0.4 is 16.0 Å². The fraction of sp³-hybridized carbons (Fsp3) is 0.714. The molecular formula is C28H46N4O3. The van der Waals surface area contributed by atoms with Crippen LogP contribution in [0.5, 0.6) is 0 Å². The van der Waals surface area contributed by atoms with E-state index in [0.717, 1.165) is 38.9 Å². The maximum atomic E-state index is 12.5. The van der Waals surface area contributed by atoms with E-state index in [2.05, 4.69) is 72.1 Å². The van der Waals surface area contributed by atoms with Gasteiger partial charge in [-0.05, 0) is 76.2 Å². The molecule has 0 spiro atoms. The number of alkyl carbamates (subject to hydrolysis) is 1. The third-order valence-corrected chi connectivity index (χ3v) is 7.12. The molecule has 0 saturated carbocycles. The standard InChI is InChI=1S/C28H46N4O3/c1-27(2,3)24(31-26(34)35-28(4,5)6)19-32-15-12-20(13-16-32)17-25(33)29-14-11-21-18-30-23-10-8-7-9-22(21)23/h7-10,18,20,22-24,30H,11-17,19H2,1-6H3,(H,29,33)(H,31,34). The molecule has 0 aromatic carbocycles. The number of ether oxygens (including phenoxy) is 1. The van der Waals surface area contributed by atoms with Crippen molar-refractivity contribution in [3.63, 3.8) is 0 Å². The van der Waals surface area contributed by atoms with Crippen molar-refractivity contribution in [3.8, 4) is 0 Å². The Morgan fingerprint density at radius 3 is 2.46 bits per heavy atom. The molecule has 7 heteroatoms. The van der Waals surface area contributed by atoms with Gasteiger partial charge in [0.2, 0.25) is 5.91 Å². The molecule has 3 atom stereocenters. The summed E-state index contributed by atoms with van der Waals surface area (Å²) in [6.07, 6.45) is 13.9. The van der Waals surface area contributed by atoms with E-state index in [-0.39, 0.29) is 23.5 Å². The van der Waals surface area contributed by atoms with Crippen LogP contribution in [0.2, 0.25) is 0 Å². The number of fused-ring (bicyclic) bond motifs is 1. The Kier molecular flexibility index (Phi) is 9.08. The van der Waals surface area contributed by atoms with E-state index in [1.165, 1.54) is 5.57 Å². The number of likely N-dealkylation sites (tertiary alicyclic amines) is 1. The first-order valence-corrected chi connectivity index (χ1v) is 13.2. The van der Waals surface area contributed by atoms with Crippen molar-refractivity contribution in [2.24, 2.45) is 17.3 Å². The van der Waals surface area contributed by atoms with Gasteiger partial charge in [0.05, 0.1) is 6.04 Å². The minimum Gasteiger partial charge on any atom is -0.444 e. The van der Waals surface area contributed by atoms with Crippen LogP contribution in [0.15, 0.2) is 36.1 Å². The third-order valence-electron chi connectivity index (χ3n) is 7.12. The Morgan fingerprint density at radius 1 is 1.11 bits per heavy atom. The minimum absolute atomic E-state index is 0.00863. The van der Waals surface area contributed by atoms with Crippen molar-refractivity contribution >= 4 is 12.0 Å². The van der Waals surface area contributed by atoms with Crippen molar-refractivity contribution < 1.29 is 14.3 Å². The summed E-state index contributed by atoms with van der Waals surface area (Å²) in [6.45, 7) is 15.4. The first kappa shape index (κ1) is 27.3. The molecule has 0 radical (unpaired) electrons. The maximum absolute atomic E-state index is 12.5. The molecule has 1 saturated heterocycles. The first-order valence-electron chi connectivity index (χ1n) is 13.2. The lowest BCUT2D eigenvalue weighted by molar-refractivity contribution is -0.122. The number of piperidine rings is 1. The van der Waals surface area contributed by atoms with Gasteiger partial charge in [-0.3, -0.25) is 4.79 Å². The topological polar surface area (TPSA) is 82.7 Å². The maximum Gasteiger partial charge on any atom is 0.407 e. The van der Waals surface area contributed by atoms with Crippen molar-refractivity contribution in [2.45, 2.75) is 84.9 Å². The zero-order chi connectivity index (χ0) is 25.6. The first-order chi connectivity index (χ1) is 16.4. The highest BCUT2D eigenvalue weighted by atomic mass is 16.6. The summed E-state index contributed by atoms with van der Waals surface area (Å²) in [6, 6.07) is 0.360. The normalized spacial score (nSPS) is 23.8. The average molecular weight is 487 g/mol. The van der Waals surface area contributed by atoms with E-state index in [0.29, 0.717) is 30.8 Å². The van der Waals surface area contributed by atoms with Crippen LogP contribution in [0.25, 0.3) is 0 Å². The Balaban J connectivity index is 1.36. The van der Waals surface area contributed by atoms with Gasteiger partial charge in [0.1, 0.15) is 5.60 Å². The molecule has 196 valence electrons. The molecule has 2 amide bonds. The molecule has 3 N–H and O–H groups in total. The Hall–Kier alpha value is -2.28. The zero-order valence-electron chi connectivity index (χ0n) is 22.5. The molecule has 3 unspecified atom stereocenters. The van der Waals surface area contributed by atoms with Crippen LogP contribution in [0.1, 0.15) is 67.2 Å². The number of rotatable bonds is 8. The number of amides is 2. The summed E-state index contributed by atoms with van der Waals surface area (Å²) >= 11 is 0. The molecule has 35 heavy (non-hydrogen) atoms. The summed E-state index contributed by atoms with van der Waals surface area (Å²) < 4.78 is 5.48. The van der Waals surface area contributed by atoms with Gasteiger partial charge in [-0.1, -0.05) is 45.1 Å². The van der Waals surface area contributed by atoms with Crippen molar-refractivity contribution in [3.05, 3.63) is 36.1 Å². The molecule has 0 aromatic heterocycles. The highest BCUT2D eigenvalue weighted by Gasteiger charge is 2.32. The highest BCUT2D eigenvalue weighted by Crippen LogP contribution is 2.28. The number of allylic oxidation sites excluding steroid dienone is 2. The van der Waals surface area contributed by atoms with Gasteiger partial charge in [-0.2, -0.15) is 0 Å². The number of hydrogen-bond acceptors (Lipinski definition) is 5. The monoisotopic (exact) mass is 486 g/mol. The van der Waals surface area contributed by atoms with Gasteiger partial charge in [0.25, 0.3) is 0 Å². The second kappa shape index (κ2) is 11.6. The zero-order valence-corrected chi connectivity index (χ0v) is 22.5. The lowest BCUT2D eigenvalue weighted by Gasteiger charge is -2.39. The smallest absolute Gasteiger partial charge is 0.407 e. The fourth-order valence-electron chi connectivity index (χ4n) is 4.96. The van der Waals surface area contributed by atoms with E-state index in [1.54, 1.807) is 0 Å². The summed E-state index contributed by atoms with van der Waals surface area (Å²) in [5.74, 6) is 0.995. The van der Waals surface area contributed by atoms with E-state index in [9.17, 15) is 9.59 Å². The molecular weight excluding hydrogens is 440 g/mol. The highest BCUT2D eigenvalue weighted by molar-refractivity contribution is 5.76. The van der Waals surface area contributed by atoms with Crippen molar-refractivity contribution in [1.82, 2.24) is 20.9 Å². The molecule has 1 aliphatic carbocycles. The van der Waals surface area contributed by atoms with E-state index >= 15 is 0 Å². The molecule has 0 bridgehead atoms. The van der Waals surface area contributed by atoms with Crippen LogP contribution in [-0.4, -0.2) is 60.8 Å². The number of nitrogens with one attached hydrogen (secondary N) is 3. The van der Waals surface area contributed by atoms with Gasteiger partial charge in [-0.15, -0.1) is 0 Å². The van der Waals surface area contributed by atoms with E-state index < -0.39 is 5.60 Å². The summed E-state index contributed by atoms with van der Waals surface area (Å²) in [4.78, 5) is 27.3. The number of nitrogens with zero attached hydrogens (tertiary/aromatic N) is 1. The largest absolute Gasteiger partial charge is 0.444 e. The predicted octanol–water partition coefficient (Wildman–Crippen LogP) is 4.13. The molecule has 2 heterocycles. The SMILES string of the molecule is CC(C)(C)OC(=O)NC(CN1CCC(CC(=O)NCCC2=CNC3C=CC=CC23)CC1)C(C)(C)C. The number of carbonyl (C=O) groups is 2. The molecule has 0 aromatic rings. The lowest BCUT2D eigenvalue weighted by atomic mass is 9.85. The quantitative estimate of drug-likeness (QED) is 0.481. The summed E-state index contributed by atoms with van der Waals surface area (Å²) in [7, 11) is 0. The molecule has 3 aliphatic rings. The molecule has 3 rings (SSSR count).